The van der Waals surface area contributed by atoms with Crippen LogP contribution in [0.15, 0.2) is 59.7 Å². The number of carbonyl (C=O) groups excluding carboxylic acids is 1. The Balaban J connectivity index is 1.70. The zero-order valence-electron chi connectivity index (χ0n) is 13.0. The summed E-state index contributed by atoms with van der Waals surface area (Å²) in [7, 11) is 0. The number of amides is 1. The van der Waals surface area contributed by atoms with Gasteiger partial charge in [0.2, 0.25) is 5.91 Å². The predicted octanol–water partition coefficient (Wildman–Crippen LogP) is 4.16. The third-order valence-corrected chi connectivity index (χ3v) is 4.43. The quantitative estimate of drug-likeness (QED) is 0.464. The highest BCUT2D eigenvalue weighted by Crippen LogP contribution is 2.10. The van der Waals surface area contributed by atoms with E-state index in [2.05, 4.69) is 22.7 Å². The average Bonchev–Trinajstić information content (AvgIpc) is 2.58. The summed E-state index contributed by atoms with van der Waals surface area (Å²) in [4.78, 5) is 11.8. The third kappa shape index (κ3) is 6.47. The van der Waals surface area contributed by atoms with Crippen molar-refractivity contribution in [2.24, 2.45) is 5.10 Å². The highest BCUT2D eigenvalue weighted by atomic mass is 35.5. The monoisotopic (exact) mass is 346 g/mol. The van der Waals surface area contributed by atoms with Crippen LogP contribution in [0.3, 0.4) is 0 Å². The van der Waals surface area contributed by atoms with Gasteiger partial charge in [0.25, 0.3) is 0 Å². The molecular weight excluding hydrogens is 328 g/mol. The van der Waals surface area contributed by atoms with Crippen molar-refractivity contribution in [1.29, 1.82) is 0 Å². The van der Waals surface area contributed by atoms with Gasteiger partial charge in [-0.15, -0.1) is 0 Å². The molecule has 1 N–H and O–H groups in total. The van der Waals surface area contributed by atoms with E-state index in [1.165, 1.54) is 5.56 Å². The summed E-state index contributed by atoms with van der Waals surface area (Å²) in [5.74, 6) is 1.23. The summed E-state index contributed by atoms with van der Waals surface area (Å²) in [5, 5.41) is 4.80. The molecule has 2 rings (SSSR count). The van der Waals surface area contributed by atoms with Crippen LogP contribution in [0.5, 0.6) is 0 Å². The van der Waals surface area contributed by atoms with Crippen LogP contribution in [0.4, 0.5) is 0 Å². The van der Waals surface area contributed by atoms with E-state index in [1.807, 2.05) is 37.3 Å². The van der Waals surface area contributed by atoms with Crippen LogP contribution in [-0.2, 0) is 11.2 Å². The van der Waals surface area contributed by atoms with Gasteiger partial charge in [0, 0.05) is 5.02 Å². The predicted molar refractivity (Wildman–Crippen MR) is 99.3 cm³/mol. The Morgan fingerprint density at radius 1 is 1.13 bits per heavy atom. The molecule has 0 fully saturated rings. The first-order chi connectivity index (χ1) is 11.1. The summed E-state index contributed by atoms with van der Waals surface area (Å²) >= 11 is 7.45. The number of hydrogen-bond acceptors (Lipinski definition) is 3. The molecule has 120 valence electrons. The van der Waals surface area contributed by atoms with Crippen LogP contribution in [0.2, 0.25) is 5.02 Å². The molecule has 0 unspecified atom stereocenters. The maximum absolute atomic E-state index is 11.8. The third-order valence-electron chi connectivity index (χ3n) is 3.22. The molecule has 0 aliphatic rings. The molecule has 5 heteroatoms. The number of nitrogens with one attached hydrogen (secondary N) is 1. The highest BCUT2D eigenvalue weighted by molar-refractivity contribution is 7.99. The topological polar surface area (TPSA) is 41.5 Å². The van der Waals surface area contributed by atoms with Crippen molar-refractivity contribution in [3.05, 3.63) is 70.7 Å². The van der Waals surface area contributed by atoms with Crippen LogP contribution in [-0.4, -0.2) is 23.1 Å². The molecule has 0 spiro atoms. The molecule has 2 aromatic rings. The van der Waals surface area contributed by atoms with Gasteiger partial charge < -0.3 is 0 Å². The van der Waals surface area contributed by atoms with Crippen molar-refractivity contribution in [1.82, 2.24) is 5.43 Å². The largest absolute Gasteiger partial charge is 0.272 e. The lowest BCUT2D eigenvalue weighted by Crippen LogP contribution is -2.21. The number of hydrazone groups is 1. The Bertz CT molecular complexity index is 656. The molecule has 2 aromatic carbocycles. The summed E-state index contributed by atoms with van der Waals surface area (Å²) in [6.45, 7) is 1.85. The molecule has 0 heterocycles. The van der Waals surface area contributed by atoms with Crippen molar-refractivity contribution in [3.8, 4) is 0 Å². The molecule has 0 aromatic heterocycles. The number of halogens is 1. The molecule has 0 atom stereocenters. The Kier molecular flexibility index (Phi) is 7.17. The van der Waals surface area contributed by atoms with E-state index in [-0.39, 0.29) is 5.91 Å². The number of carbonyl (C=O) groups is 1. The lowest BCUT2D eigenvalue weighted by atomic mass is 10.1. The van der Waals surface area contributed by atoms with Crippen LogP contribution in [0, 0.1) is 0 Å². The maximum Gasteiger partial charge on any atom is 0.250 e. The number of rotatable bonds is 7. The van der Waals surface area contributed by atoms with Gasteiger partial charge in [0.05, 0.1) is 11.5 Å². The van der Waals surface area contributed by atoms with Crippen molar-refractivity contribution >= 4 is 35.0 Å². The molecule has 0 saturated heterocycles. The van der Waals surface area contributed by atoms with E-state index in [0.29, 0.717) is 10.8 Å². The minimum atomic E-state index is -0.0867. The van der Waals surface area contributed by atoms with E-state index in [4.69, 9.17) is 11.6 Å². The number of hydrogen-bond donors (Lipinski definition) is 1. The second-order valence-corrected chi connectivity index (χ2v) is 6.57. The first-order valence-electron chi connectivity index (χ1n) is 7.36. The van der Waals surface area contributed by atoms with E-state index >= 15 is 0 Å². The second-order valence-electron chi connectivity index (χ2n) is 5.03. The second kappa shape index (κ2) is 9.38. The standard InChI is InChI=1S/C18H19ClN2OS/c1-14(16-7-9-17(19)10-8-16)20-21-18(22)13-23-12-11-15-5-3-2-4-6-15/h2-10H,11-13H2,1H3,(H,21,22)/b20-14-. The highest BCUT2D eigenvalue weighted by Gasteiger charge is 2.02. The Hall–Kier alpha value is -1.78. The van der Waals surface area contributed by atoms with E-state index < -0.39 is 0 Å². The van der Waals surface area contributed by atoms with Crippen molar-refractivity contribution in [2.75, 3.05) is 11.5 Å². The Labute approximate surface area is 146 Å². The number of thioether (sulfide) groups is 1. The molecule has 1 amide bonds. The van der Waals surface area contributed by atoms with Gasteiger partial charge in [-0.3, -0.25) is 4.79 Å². The lowest BCUT2D eigenvalue weighted by Gasteiger charge is -2.04. The van der Waals surface area contributed by atoms with Gasteiger partial charge in [0.15, 0.2) is 0 Å². The van der Waals surface area contributed by atoms with Crippen molar-refractivity contribution in [3.63, 3.8) is 0 Å². The first-order valence-corrected chi connectivity index (χ1v) is 8.89. The zero-order valence-corrected chi connectivity index (χ0v) is 14.5. The first kappa shape index (κ1) is 17.6. The van der Waals surface area contributed by atoms with E-state index in [9.17, 15) is 4.79 Å². The minimum Gasteiger partial charge on any atom is -0.272 e. The SMILES string of the molecule is C/C(=N/NC(=O)CSCCc1ccccc1)c1ccc(Cl)cc1. The van der Waals surface area contributed by atoms with Gasteiger partial charge in [-0.05, 0) is 42.4 Å². The van der Waals surface area contributed by atoms with Crippen LogP contribution >= 0.6 is 23.4 Å². The summed E-state index contributed by atoms with van der Waals surface area (Å²) in [6, 6.07) is 17.6. The fourth-order valence-electron chi connectivity index (χ4n) is 1.93. The molecule has 0 aliphatic heterocycles. The zero-order chi connectivity index (χ0) is 16.5. The van der Waals surface area contributed by atoms with Gasteiger partial charge >= 0.3 is 0 Å². The fraction of sp³-hybridized carbons (Fsp3) is 0.222. The van der Waals surface area contributed by atoms with Gasteiger partial charge in [-0.1, -0.05) is 54.1 Å². The van der Waals surface area contributed by atoms with E-state index in [1.54, 1.807) is 23.9 Å². The Morgan fingerprint density at radius 2 is 1.83 bits per heavy atom. The average molecular weight is 347 g/mol. The molecule has 0 saturated carbocycles. The van der Waals surface area contributed by atoms with Gasteiger partial charge in [-0.2, -0.15) is 16.9 Å². The Morgan fingerprint density at radius 3 is 2.52 bits per heavy atom. The normalized spacial score (nSPS) is 11.3. The summed E-state index contributed by atoms with van der Waals surface area (Å²) < 4.78 is 0. The number of nitrogens with zero attached hydrogens (tertiary/aromatic N) is 1. The van der Waals surface area contributed by atoms with Gasteiger partial charge in [0.1, 0.15) is 0 Å². The minimum absolute atomic E-state index is 0.0867. The fourth-order valence-corrected chi connectivity index (χ4v) is 2.83. The van der Waals surface area contributed by atoms with Crippen LogP contribution in [0.25, 0.3) is 0 Å². The number of aryl methyl sites for hydroxylation is 1. The molecule has 0 radical (unpaired) electrons. The molecular formula is C18H19ClN2OS. The van der Waals surface area contributed by atoms with Gasteiger partial charge in [-0.25, -0.2) is 5.43 Å². The molecule has 23 heavy (non-hydrogen) atoms. The van der Waals surface area contributed by atoms with Crippen LogP contribution < -0.4 is 5.43 Å². The van der Waals surface area contributed by atoms with Crippen LogP contribution in [0.1, 0.15) is 18.1 Å². The lowest BCUT2D eigenvalue weighted by molar-refractivity contribution is -0.118. The van der Waals surface area contributed by atoms with Crippen molar-refractivity contribution < 1.29 is 4.79 Å². The smallest absolute Gasteiger partial charge is 0.250 e. The van der Waals surface area contributed by atoms with E-state index in [0.717, 1.165) is 23.4 Å². The number of benzene rings is 2. The van der Waals surface area contributed by atoms with Crippen molar-refractivity contribution in [2.45, 2.75) is 13.3 Å². The maximum atomic E-state index is 11.8. The molecule has 0 aliphatic carbocycles. The molecule has 0 bridgehead atoms. The summed E-state index contributed by atoms with van der Waals surface area (Å²) in [5.41, 5.74) is 5.57. The molecule has 3 nitrogen and oxygen atoms in total. The summed E-state index contributed by atoms with van der Waals surface area (Å²) in [6.07, 6.45) is 0.964.